The summed E-state index contributed by atoms with van der Waals surface area (Å²) in [7, 11) is 0. The second kappa shape index (κ2) is 7.79. The van der Waals surface area contributed by atoms with Crippen LogP contribution in [0.4, 0.5) is 0 Å². The molecule has 0 saturated heterocycles. The first-order chi connectivity index (χ1) is 10.6. The molecule has 22 heavy (non-hydrogen) atoms. The first-order valence-corrected chi connectivity index (χ1v) is 8.38. The van der Waals surface area contributed by atoms with Gasteiger partial charge in [-0.15, -0.1) is 22.7 Å². The SMILES string of the molecule is C=CC#Cc1ccc(-c2ccc(COC(=O)C(C)=CC)s2)s1. The maximum atomic E-state index is 11.6. The molecule has 2 heterocycles. The van der Waals surface area contributed by atoms with Gasteiger partial charge in [0.05, 0.1) is 4.88 Å². The van der Waals surface area contributed by atoms with Crippen LogP contribution < -0.4 is 0 Å². The predicted molar refractivity (Wildman–Crippen MR) is 93.9 cm³/mol. The second-order valence-electron chi connectivity index (χ2n) is 4.45. The third-order valence-electron chi connectivity index (χ3n) is 2.91. The summed E-state index contributed by atoms with van der Waals surface area (Å²) >= 11 is 3.27. The van der Waals surface area contributed by atoms with Gasteiger partial charge in [0.25, 0.3) is 0 Å². The summed E-state index contributed by atoms with van der Waals surface area (Å²) in [4.78, 5) is 16.0. The van der Waals surface area contributed by atoms with Crippen LogP contribution in [0.2, 0.25) is 0 Å². The van der Waals surface area contributed by atoms with E-state index in [1.165, 1.54) is 4.88 Å². The maximum Gasteiger partial charge on any atom is 0.333 e. The molecule has 0 aliphatic carbocycles. The van der Waals surface area contributed by atoms with Crippen molar-refractivity contribution in [3.05, 3.63) is 58.3 Å². The highest BCUT2D eigenvalue weighted by atomic mass is 32.1. The van der Waals surface area contributed by atoms with E-state index in [1.54, 1.807) is 41.7 Å². The van der Waals surface area contributed by atoms with E-state index in [0.717, 1.165) is 14.6 Å². The van der Waals surface area contributed by atoms with E-state index in [1.807, 2.05) is 25.1 Å². The zero-order valence-electron chi connectivity index (χ0n) is 12.5. The van der Waals surface area contributed by atoms with Gasteiger partial charge in [-0.25, -0.2) is 4.79 Å². The summed E-state index contributed by atoms with van der Waals surface area (Å²) in [6.07, 6.45) is 3.34. The number of esters is 1. The molecule has 4 heteroatoms. The zero-order chi connectivity index (χ0) is 15.9. The van der Waals surface area contributed by atoms with Gasteiger partial charge in [-0.2, -0.15) is 0 Å². The van der Waals surface area contributed by atoms with Crippen LogP contribution in [0.15, 0.2) is 48.6 Å². The van der Waals surface area contributed by atoms with Gasteiger partial charge < -0.3 is 4.74 Å². The number of rotatable bonds is 4. The normalized spacial score (nSPS) is 10.7. The van der Waals surface area contributed by atoms with E-state index in [-0.39, 0.29) is 5.97 Å². The molecular weight excluding hydrogens is 312 g/mol. The monoisotopic (exact) mass is 328 g/mol. The molecule has 0 bridgehead atoms. The minimum atomic E-state index is -0.268. The van der Waals surface area contributed by atoms with Gasteiger partial charge in [0.1, 0.15) is 6.61 Å². The summed E-state index contributed by atoms with van der Waals surface area (Å²) in [5.41, 5.74) is 0.625. The Morgan fingerprint density at radius 1 is 1.27 bits per heavy atom. The van der Waals surface area contributed by atoms with Crippen LogP contribution in [-0.4, -0.2) is 5.97 Å². The molecule has 2 aromatic rings. The lowest BCUT2D eigenvalue weighted by Gasteiger charge is -2.02. The van der Waals surface area contributed by atoms with Crippen molar-refractivity contribution in [3.8, 4) is 21.6 Å². The molecule has 0 radical (unpaired) electrons. The van der Waals surface area contributed by atoms with Crippen molar-refractivity contribution in [2.45, 2.75) is 20.5 Å². The number of thiophene rings is 2. The Morgan fingerprint density at radius 2 is 2.00 bits per heavy atom. The van der Waals surface area contributed by atoms with Crippen molar-refractivity contribution in [2.24, 2.45) is 0 Å². The molecule has 2 nitrogen and oxygen atoms in total. The average molecular weight is 328 g/mol. The van der Waals surface area contributed by atoms with Gasteiger partial charge in [0.2, 0.25) is 0 Å². The van der Waals surface area contributed by atoms with Crippen molar-refractivity contribution in [1.82, 2.24) is 0 Å². The van der Waals surface area contributed by atoms with Crippen LogP contribution in [0.5, 0.6) is 0 Å². The fourth-order valence-electron chi connectivity index (χ4n) is 1.62. The first kappa shape index (κ1) is 16.3. The van der Waals surface area contributed by atoms with Crippen LogP contribution in [0.3, 0.4) is 0 Å². The number of carbonyl (C=O) groups is 1. The highest BCUT2D eigenvalue weighted by Gasteiger charge is 2.09. The fourth-order valence-corrected chi connectivity index (χ4v) is 3.49. The van der Waals surface area contributed by atoms with Crippen LogP contribution in [-0.2, 0) is 16.1 Å². The van der Waals surface area contributed by atoms with E-state index in [9.17, 15) is 4.79 Å². The van der Waals surface area contributed by atoms with Gasteiger partial charge in [-0.1, -0.05) is 24.5 Å². The minimum absolute atomic E-state index is 0.268. The molecule has 0 saturated carbocycles. The number of allylic oxidation sites excluding steroid dienone is 2. The topological polar surface area (TPSA) is 26.3 Å². The highest BCUT2D eigenvalue weighted by molar-refractivity contribution is 7.22. The van der Waals surface area contributed by atoms with E-state index in [2.05, 4.69) is 24.5 Å². The van der Waals surface area contributed by atoms with Gasteiger partial charge in [0, 0.05) is 20.2 Å². The first-order valence-electron chi connectivity index (χ1n) is 6.75. The standard InChI is InChI=1S/C18H16O2S2/c1-4-6-7-14-8-10-16(21-14)17-11-9-15(22-17)12-20-18(19)13(3)5-2/h4-5,8-11H,1,12H2,2-3H3. The minimum Gasteiger partial charge on any atom is -0.457 e. The molecule has 112 valence electrons. The van der Waals surface area contributed by atoms with Crippen molar-refractivity contribution < 1.29 is 9.53 Å². The van der Waals surface area contributed by atoms with Crippen LogP contribution in [0, 0.1) is 11.8 Å². The molecule has 0 aliphatic rings. The molecule has 0 fully saturated rings. The molecule has 0 aliphatic heterocycles. The smallest absolute Gasteiger partial charge is 0.333 e. The number of carbonyl (C=O) groups excluding carboxylic acids is 1. The molecule has 2 rings (SSSR count). The average Bonchev–Trinajstić information content (AvgIpc) is 3.18. The van der Waals surface area contributed by atoms with Crippen molar-refractivity contribution >= 4 is 28.6 Å². The summed E-state index contributed by atoms with van der Waals surface area (Å²) in [5.74, 6) is 5.61. The van der Waals surface area contributed by atoms with E-state index in [0.29, 0.717) is 12.2 Å². The Labute approximate surface area is 138 Å². The highest BCUT2D eigenvalue weighted by Crippen LogP contribution is 2.33. The third-order valence-corrected chi connectivity index (χ3v) is 5.16. The molecule has 2 aromatic heterocycles. The fraction of sp³-hybridized carbons (Fsp3) is 0.167. The number of ether oxygens (including phenoxy) is 1. The van der Waals surface area contributed by atoms with Gasteiger partial charge in [-0.3, -0.25) is 0 Å². The molecule has 0 unspecified atom stereocenters. The molecule has 0 spiro atoms. The van der Waals surface area contributed by atoms with Crippen molar-refractivity contribution in [2.75, 3.05) is 0 Å². The van der Waals surface area contributed by atoms with Crippen LogP contribution >= 0.6 is 22.7 Å². The van der Waals surface area contributed by atoms with E-state index in [4.69, 9.17) is 4.74 Å². The largest absolute Gasteiger partial charge is 0.457 e. The van der Waals surface area contributed by atoms with Crippen LogP contribution in [0.25, 0.3) is 9.75 Å². The maximum absolute atomic E-state index is 11.6. The number of hydrogen-bond acceptors (Lipinski definition) is 4. The van der Waals surface area contributed by atoms with E-state index < -0.39 is 0 Å². The van der Waals surface area contributed by atoms with Gasteiger partial charge >= 0.3 is 5.97 Å². The van der Waals surface area contributed by atoms with Crippen molar-refractivity contribution in [1.29, 1.82) is 0 Å². The zero-order valence-corrected chi connectivity index (χ0v) is 14.1. The molecular formula is C18H16O2S2. The Morgan fingerprint density at radius 3 is 2.73 bits per heavy atom. The summed E-state index contributed by atoms with van der Waals surface area (Å²) < 4.78 is 5.26. The van der Waals surface area contributed by atoms with E-state index >= 15 is 0 Å². The predicted octanol–water partition coefficient (Wildman–Crippen LogP) is 5.02. The Kier molecular flexibility index (Phi) is 5.76. The lowest BCUT2D eigenvalue weighted by molar-refractivity contribution is -0.140. The number of hydrogen-bond donors (Lipinski definition) is 0. The Hall–Kier alpha value is -2.09. The lowest BCUT2D eigenvalue weighted by Crippen LogP contribution is -2.04. The van der Waals surface area contributed by atoms with Gasteiger partial charge in [-0.05, 0) is 44.2 Å². The molecule has 0 atom stereocenters. The lowest BCUT2D eigenvalue weighted by atomic mass is 10.3. The van der Waals surface area contributed by atoms with Crippen LogP contribution in [0.1, 0.15) is 23.6 Å². The molecule has 0 aromatic carbocycles. The van der Waals surface area contributed by atoms with Gasteiger partial charge in [0.15, 0.2) is 0 Å². The second-order valence-corrected chi connectivity index (χ2v) is 6.70. The Balaban J connectivity index is 2.03. The summed E-state index contributed by atoms with van der Waals surface area (Å²) in [6, 6.07) is 8.11. The molecule has 0 N–H and O–H groups in total. The molecule has 0 amide bonds. The summed E-state index contributed by atoms with van der Waals surface area (Å²) in [5, 5.41) is 0. The quantitative estimate of drug-likeness (QED) is 0.447. The third kappa shape index (κ3) is 4.20. The summed E-state index contributed by atoms with van der Waals surface area (Å²) in [6.45, 7) is 7.47. The van der Waals surface area contributed by atoms with Crippen molar-refractivity contribution in [3.63, 3.8) is 0 Å². The Bertz CT molecular complexity index is 766.